The van der Waals surface area contributed by atoms with Gasteiger partial charge in [-0.2, -0.15) is 0 Å². The molecule has 0 radical (unpaired) electrons. The molecule has 0 aliphatic carbocycles. The summed E-state index contributed by atoms with van der Waals surface area (Å²) in [6.45, 7) is 4.37. The molecule has 0 saturated carbocycles. The van der Waals surface area contributed by atoms with Crippen LogP contribution in [0.1, 0.15) is 16.8 Å². The van der Waals surface area contributed by atoms with E-state index in [1.54, 1.807) is 18.4 Å². The van der Waals surface area contributed by atoms with Crippen molar-refractivity contribution in [1.29, 1.82) is 0 Å². The molecule has 0 saturated heterocycles. The number of aliphatic imine (C=N–C) groups is 1. The Morgan fingerprint density at radius 2 is 2.12 bits per heavy atom. The minimum Gasteiger partial charge on any atom is -0.492 e. The second-order valence-corrected chi connectivity index (χ2v) is 6.58. The maximum absolute atomic E-state index is 5.73. The van der Waals surface area contributed by atoms with Crippen molar-refractivity contribution in [1.82, 2.24) is 15.2 Å². The second-order valence-electron chi connectivity index (χ2n) is 5.38. The lowest BCUT2D eigenvalue weighted by atomic mass is 10.3. The monoisotopic (exact) mass is 346 g/mol. The normalized spacial score (nSPS) is 11.4. The smallest absolute Gasteiger partial charge is 0.193 e. The maximum Gasteiger partial charge on any atom is 0.193 e. The Kier molecular flexibility index (Phi) is 7.55. The number of benzene rings is 1. The molecular weight excluding hydrogens is 320 g/mol. The van der Waals surface area contributed by atoms with Crippen LogP contribution in [0.25, 0.3) is 0 Å². The van der Waals surface area contributed by atoms with E-state index in [1.165, 1.54) is 9.88 Å². The van der Waals surface area contributed by atoms with Gasteiger partial charge in [0.25, 0.3) is 0 Å². The Morgan fingerprint density at radius 1 is 1.33 bits per heavy atom. The van der Waals surface area contributed by atoms with Gasteiger partial charge in [0.1, 0.15) is 12.4 Å². The van der Waals surface area contributed by atoms with E-state index in [9.17, 15) is 0 Å². The number of likely N-dealkylation sites (N-methyl/N-ethyl adjacent to an activating group) is 1. The van der Waals surface area contributed by atoms with Crippen molar-refractivity contribution in [2.75, 3.05) is 33.8 Å². The third-order valence-corrected chi connectivity index (χ3v) is 4.79. The summed E-state index contributed by atoms with van der Waals surface area (Å²) in [5.41, 5.74) is 0. The predicted octanol–water partition coefficient (Wildman–Crippen LogP) is 2.83. The van der Waals surface area contributed by atoms with Crippen molar-refractivity contribution in [3.8, 4) is 5.75 Å². The number of nitrogens with zero attached hydrogens (tertiary/aromatic N) is 3. The summed E-state index contributed by atoms with van der Waals surface area (Å²) in [4.78, 5) is 12.2. The molecule has 0 fully saturated rings. The third kappa shape index (κ3) is 5.85. The average molecular weight is 346 g/mol. The van der Waals surface area contributed by atoms with Gasteiger partial charge in [0.2, 0.25) is 0 Å². The molecule has 0 unspecified atom stereocenters. The molecule has 0 spiro atoms. The molecule has 0 atom stereocenters. The topological polar surface area (TPSA) is 49.8 Å². The number of aromatic nitrogens is 1. The molecule has 1 aromatic heterocycles. The molecule has 1 aromatic carbocycles. The van der Waals surface area contributed by atoms with Crippen molar-refractivity contribution in [2.24, 2.45) is 4.99 Å². The minimum absolute atomic E-state index is 0.619. The quantitative estimate of drug-likeness (QED) is 0.590. The third-order valence-electron chi connectivity index (χ3n) is 3.58. The first-order chi connectivity index (χ1) is 11.7. The molecule has 0 aliphatic rings. The summed E-state index contributed by atoms with van der Waals surface area (Å²) in [5.74, 6) is 1.77. The van der Waals surface area contributed by atoms with Crippen molar-refractivity contribution >= 4 is 17.3 Å². The summed E-state index contributed by atoms with van der Waals surface area (Å²) >= 11 is 1.79. The molecule has 6 heteroatoms. The fourth-order valence-corrected chi connectivity index (χ4v) is 3.08. The van der Waals surface area contributed by atoms with E-state index in [2.05, 4.69) is 27.1 Å². The van der Waals surface area contributed by atoms with E-state index in [0.29, 0.717) is 6.61 Å². The number of ether oxygens (including phenoxy) is 1. The van der Waals surface area contributed by atoms with Gasteiger partial charge in [-0.25, -0.2) is 4.98 Å². The molecule has 5 nitrogen and oxygen atoms in total. The zero-order chi connectivity index (χ0) is 17.2. The fourth-order valence-electron chi connectivity index (χ4n) is 2.22. The Balaban J connectivity index is 1.70. The van der Waals surface area contributed by atoms with Crippen LogP contribution in [0.15, 0.2) is 41.5 Å². The Morgan fingerprint density at radius 3 is 2.79 bits per heavy atom. The first kappa shape index (κ1) is 18.3. The highest BCUT2D eigenvalue weighted by Gasteiger charge is 2.06. The molecule has 0 aliphatic heterocycles. The Hall–Kier alpha value is -2.08. The summed E-state index contributed by atoms with van der Waals surface area (Å²) < 4.78 is 5.73. The van der Waals surface area contributed by atoms with E-state index in [-0.39, 0.29) is 0 Å². The van der Waals surface area contributed by atoms with E-state index < -0.39 is 0 Å². The lowest BCUT2D eigenvalue weighted by Gasteiger charge is -2.22. The molecule has 24 heavy (non-hydrogen) atoms. The van der Waals surface area contributed by atoms with Gasteiger partial charge >= 0.3 is 0 Å². The van der Waals surface area contributed by atoms with Gasteiger partial charge in [-0.3, -0.25) is 4.99 Å². The number of thiazole rings is 1. The van der Waals surface area contributed by atoms with Crippen molar-refractivity contribution < 1.29 is 4.74 Å². The van der Waals surface area contributed by atoms with E-state index in [0.717, 1.165) is 37.6 Å². The first-order valence-electron chi connectivity index (χ1n) is 8.26. The standard InChI is InChI=1S/C18H26N4OS/c1-4-16-14-21-17(24-16)10-11-20-18(19-2)22(3)12-13-23-15-8-6-5-7-9-15/h5-9,14H,4,10-13H2,1-3H3,(H,19,20). The van der Waals surface area contributed by atoms with E-state index in [1.807, 2.05) is 43.6 Å². The van der Waals surface area contributed by atoms with Gasteiger partial charge in [-0.15, -0.1) is 11.3 Å². The number of rotatable bonds is 8. The second kappa shape index (κ2) is 9.93. The molecule has 2 aromatic rings. The van der Waals surface area contributed by atoms with Gasteiger partial charge < -0.3 is 15.0 Å². The Bertz CT molecular complexity index is 627. The van der Waals surface area contributed by atoms with Crippen LogP contribution in [0.4, 0.5) is 0 Å². The number of hydrogen-bond donors (Lipinski definition) is 1. The molecule has 0 bridgehead atoms. The molecule has 1 heterocycles. The van der Waals surface area contributed by atoms with Crippen molar-refractivity contribution in [3.05, 3.63) is 46.4 Å². The lowest BCUT2D eigenvalue weighted by Crippen LogP contribution is -2.41. The molecule has 2 rings (SSSR count). The first-order valence-corrected chi connectivity index (χ1v) is 9.07. The van der Waals surface area contributed by atoms with Crippen molar-refractivity contribution in [2.45, 2.75) is 19.8 Å². The highest BCUT2D eigenvalue weighted by molar-refractivity contribution is 7.11. The zero-order valence-corrected chi connectivity index (χ0v) is 15.5. The molecule has 130 valence electrons. The average Bonchev–Trinajstić information content (AvgIpc) is 3.07. The van der Waals surface area contributed by atoms with Gasteiger partial charge in [0, 0.05) is 38.1 Å². The van der Waals surface area contributed by atoms with Gasteiger partial charge in [-0.05, 0) is 18.6 Å². The van der Waals surface area contributed by atoms with Crippen LogP contribution in [-0.2, 0) is 12.8 Å². The van der Waals surface area contributed by atoms with E-state index in [4.69, 9.17) is 4.74 Å². The molecule has 1 N–H and O–H groups in total. The minimum atomic E-state index is 0.619. The summed E-state index contributed by atoms with van der Waals surface area (Å²) in [6, 6.07) is 9.86. The number of para-hydroxylation sites is 1. The maximum atomic E-state index is 5.73. The molecular formula is C18H26N4OS. The lowest BCUT2D eigenvalue weighted by molar-refractivity contribution is 0.281. The van der Waals surface area contributed by atoms with Crippen LogP contribution < -0.4 is 10.1 Å². The number of hydrogen-bond acceptors (Lipinski definition) is 4. The van der Waals surface area contributed by atoms with Crippen LogP contribution in [0.5, 0.6) is 5.75 Å². The Labute approximate surface area is 148 Å². The van der Waals surface area contributed by atoms with E-state index >= 15 is 0 Å². The van der Waals surface area contributed by atoms with Gasteiger partial charge in [0.05, 0.1) is 11.6 Å². The number of guanidine groups is 1. The largest absolute Gasteiger partial charge is 0.492 e. The zero-order valence-electron chi connectivity index (χ0n) is 14.7. The number of aryl methyl sites for hydroxylation is 1. The summed E-state index contributed by atoms with van der Waals surface area (Å²) in [6.07, 6.45) is 3.94. The predicted molar refractivity (Wildman–Crippen MR) is 101 cm³/mol. The van der Waals surface area contributed by atoms with Crippen LogP contribution in [0, 0.1) is 0 Å². The van der Waals surface area contributed by atoms with Crippen LogP contribution in [-0.4, -0.2) is 49.6 Å². The summed E-state index contributed by atoms with van der Waals surface area (Å²) in [5, 5.41) is 4.55. The number of nitrogens with one attached hydrogen (secondary N) is 1. The SMILES string of the molecule is CCc1cnc(CCNC(=NC)N(C)CCOc2ccccc2)s1. The summed E-state index contributed by atoms with van der Waals surface area (Å²) in [7, 11) is 3.82. The van der Waals surface area contributed by atoms with Gasteiger partial charge in [-0.1, -0.05) is 25.1 Å². The molecule has 0 amide bonds. The van der Waals surface area contributed by atoms with Crippen molar-refractivity contribution in [3.63, 3.8) is 0 Å². The van der Waals surface area contributed by atoms with Crippen LogP contribution in [0.3, 0.4) is 0 Å². The van der Waals surface area contributed by atoms with Crippen LogP contribution >= 0.6 is 11.3 Å². The van der Waals surface area contributed by atoms with Crippen LogP contribution in [0.2, 0.25) is 0 Å². The highest BCUT2D eigenvalue weighted by atomic mass is 32.1. The van der Waals surface area contributed by atoms with Gasteiger partial charge in [0.15, 0.2) is 5.96 Å². The highest BCUT2D eigenvalue weighted by Crippen LogP contribution is 2.13. The fraction of sp³-hybridized carbons (Fsp3) is 0.444.